The third kappa shape index (κ3) is 3.12. The molecule has 0 unspecified atom stereocenters. The Morgan fingerprint density at radius 1 is 1.59 bits per heavy atom. The number of anilines is 1. The Balaban J connectivity index is 2.02. The van der Waals surface area contributed by atoms with E-state index in [-0.39, 0.29) is 6.04 Å². The zero-order chi connectivity index (χ0) is 12.3. The fraction of sp³-hybridized carbons (Fsp3) is 0.583. The van der Waals surface area contributed by atoms with E-state index in [2.05, 4.69) is 22.2 Å². The van der Waals surface area contributed by atoms with Crippen LogP contribution in [-0.2, 0) is 5.75 Å². The summed E-state index contributed by atoms with van der Waals surface area (Å²) in [7, 11) is 0. The van der Waals surface area contributed by atoms with Gasteiger partial charge in [-0.3, -0.25) is 0 Å². The summed E-state index contributed by atoms with van der Waals surface area (Å²) in [6.07, 6.45) is 4.36. The van der Waals surface area contributed by atoms with Crippen LogP contribution in [0, 0.1) is 0 Å². The Kier molecular flexibility index (Phi) is 4.25. The van der Waals surface area contributed by atoms with E-state index in [1.165, 1.54) is 5.56 Å². The number of pyridine rings is 1. The van der Waals surface area contributed by atoms with E-state index in [0.29, 0.717) is 6.54 Å². The maximum Gasteiger partial charge on any atom is 0.128 e. The summed E-state index contributed by atoms with van der Waals surface area (Å²) in [4.78, 5) is 6.54. The topological polar surface area (TPSA) is 62.4 Å². The molecule has 2 heterocycles. The number of β-amino-alcohol motifs (C(OH)–C–C–N with tert-alkyl or cyclic N) is 1. The molecule has 3 N–H and O–H groups in total. The minimum atomic E-state index is -0.448. The summed E-state index contributed by atoms with van der Waals surface area (Å²) in [5.41, 5.74) is 7.01. The minimum Gasteiger partial charge on any atom is -0.390 e. The number of rotatable bonds is 3. The van der Waals surface area contributed by atoms with Gasteiger partial charge < -0.3 is 15.7 Å². The Morgan fingerprint density at radius 2 is 2.41 bits per heavy atom. The smallest absolute Gasteiger partial charge is 0.128 e. The zero-order valence-electron chi connectivity index (χ0n) is 10.0. The van der Waals surface area contributed by atoms with Crippen LogP contribution >= 0.6 is 11.8 Å². The van der Waals surface area contributed by atoms with Crippen molar-refractivity contribution in [3.63, 3.8) is 0 Å². The van der Waals surface area contributed by atoms with Crippen LogP contribution in [0.1, 0.15) is 12.0 Å². The number of thioether (sulfide) groups is 1. The SMILES string of the molecule is CSCc1ccc(N2CC[C@@H](N)[C@H](O)C2)nc1. The molecule has 0 radical (unpaired) electrons. The Labute approximate surface area is 106 Å². The molecule has 0 aromatic carbocycles. The maximum absolute atomic E-state index is 9.75. The molecule has 0 spiro atoms. The molecule has 94 valence electrons. The maximum atomic E-state index is 9.75. The molecule has 1 fully saturated rings. The van der Waals surface area contributed by atoms with Crippen LogP contribution in [0.3, 0.4) is 0 Å². The molecule has 1 aromatic rings. The van der Waals surface area contributed by atoms with Crippen molar-refractivity contribution in [3.05, 3.63) is 23.9 Å². The highest BCUT2D eigenvalue weighted by Gasteiger charge is 2.25. The largest absolute Gasteiger partial charge is 0.390 e. The van der Waals surface area contributed by atoms with Gasteiger partial charge in [-0.25, -0.2) is 4.98 Å². The van der Waals surface area contributed by atoms with Gasteiger partial charge in [0.05, 0.1) is 6.10 Å². The summed E-state index contributed by atoms with van der Waals surface area (Å²) < 4.78 is 0. The summed E-state index contributed by atoms with van der Waals surface area (Å²) in [5.74, 6) is 1.92. The van der Waals surface area contributed by atoms with Gasteiger partial charge in [0.15, 0.2) is 0 Å². The van der Waals surface area contributed by atoms with E-state index in [9.17, 15) is 5.11 Å². The number of nitrogens with zero attached hydrogens (tertiary/aromatic N) is 2. The summed E-state index contributed by atoms with van der Waals surface area (Å²) in [5, 5.41) is 9.75. The van der Waals surface area contributed by atoms with Crippen LogP contribution in [0.5, 0.6) is 0 Å². The predicted molar refractivity (Wildman–Crippen MR) is 72.3 cm³/mol. The van der Waals surface area contributed by atoms with Crippen LogP contribution in [-0.4, -0.2) is 41.6 Å². The molecule has 0 saturated carbocycles. The summed E-state index contributed by atoms with van der Waals surface area (Å²) in [6, 6.07) is 4.02. The molecule has 2 atom stereocenters. The van der Waals surface area contributed by atoms with Crippen LogP contribution in [0.4, 0.5) is 5.82 Å². The average molecular weight is 253 g/mol. The van der Waals surface area contributed by atoms with Crippen LogP contribution in [0.25, 0.3) is 0 Å². The highest BCUT2D eigenvalue weighted by atomic mass is 32.2. The molecule has 1 saturated heterocycles. The minimum absolute atomic E-state index is 0.0954. The fourth-order valence-electron chi connectivity index (χ4n) is 2.01. The molecule has 5 heteroatoms. The zero-order valence-corrected chi connectivity index (χ0v) is 10.9. The number of nitrogens with two attached hydrogens (primary N) is 1. The van der Waals surface area contributed by atoms with Crippen molar-refractivity contribution < 1.29 is 5.11 Å². The van der Waals surface area contributed by atoms with Gasteiger partial charge in [-0.05, 0) is 24.3 Å². The molecular weight excluding hydrogens is 234 g/mol. The Morgan fingerprint density at radius 3 is 3.00 bits per heavy atom. The second kappa shape index (κ2) is 5.71. The van der Waals surface area contributed by atoms with Crippen molar-refractivity contribution in [1.82, 2.24) is 4.98 Å². The molecule has 4 nitrogen and oxygen atoms in total. The third-order valence-corrected chi connectivity index (χ3v) is 3.70. The van der Waals surface area contributed by atoms with E-state index >= 15 is 0 Å². The van der Waals surface area contributed by atoms with Crippen molar-refractivity contribution in [2.24, 2.45) is 5.73 Å². The summed E-state index contributed by atoms with van der Waals surface area (Å²) >= 11 is 1.79. The molecule has 1 aliphatic heterocycles. The normalized spacial score (nSPS) is 25.0. The quantitative estimate of drug-likeness (QED) is 0.836. The molecule has 1 aliphatic rings. The lowest BCUT2D eigenvalue weighted by molar-refractivity contribution is 0.131. The molecule has 1 aromatic heterocycles. The second-order valence-corrected chi connectivity index (χ2v) is 5.29. The van der Waals surface area contributed by atoms with E-state index in [1.807, 2.05) is 12.3 Å². The van der Waals surface area contributed by atoms with Gasteiger partial charge in [-0.2, -0.15) is 11.8 Å². The van der Waals surface area contributed by atoms with Crippen molar-refractivity contribution in [1.29, 1.82) is 0 Å². The van der Waals surface area contributed by atoms with Crippen molar-refractivity contribution in [2.45, 2.75) is 24.3 Å². The van der Waals surface area contributed by atoms with Gasteiger partial charge in [0, 0.05) is 31.1 Å². The van der Waals surface area contributed by atoms with Gasteiger partial charge in [0.2, 0.25) is 0 Å². The highest BCUT2D eigenvalue weighted by Crippen LogP contribution is 2.18. The van der Waals surface area contributed by atoms with Crippen LogP contribution in [0.2, 0.25) is 0 Å². The first-order valence-electron chi connectivity index (χ1n) is 5.83. The monoisotopic (exact) mass is 253 g/mol. The Bertz CT molecular complexity index is 357. The van der Waals surface area contributed by atoms with Gasteiger partial charge in [0.1, 0.15) is 5.82 Å². The number of piperidine rings is 1. The van der Waals surface area contributed by atoms with E-state index in [0.717, 1.165) is 24.5 Å². The van der Waals surface area contributed by atoms with Crippen molar-refractivity contribution in [3.8, 4) is 0 Å². The van der Waals surface area contributed by atoms with Gasteiger partial charge >= 0.3 is 0 Å². The van der Waals surface area contributed by atoms with Crippen molar-refractivity contribution in [2.75, 3.05) is 24.2 Å². The van der Waals surface area contributed by atoms with E-state index in [4.69, 9.17) is 5.73 Å². The van der Waals surface area contributed by atoms with Crippen LogP contribution < -0.4 is 10.6 Å². The molecular formula is C12H19N3OS. The van der Waals surface area contributed by atoms with Gasteiger partial charge in [-0.1, -0.05) is 6.07 Å². The lowest BCUT2D eigenvalue weighted by atomic mass is 10.0. The standard InChI is InChI=1S/C12H19N3OS/c1-17-8-9-2-3-12(14-6-9)15-5-4-10(13)11(16)7-15/h2-3,6,10-11,16H,4-5,7-8,13H2,1H3/t10-,11-/m1/s1. The lowest BCUT2D eigenvalue weighted by Gasteiger charge is -2.34. The molecule has 0 amide bonds. The predicted octanol–water partition coefficient (Wildman–Crippen LogP) is 0.843. The van der Waals surface area contributed by atoms with Crippen molar-refractivity contribution >= 4 is 17.6 Å². The number of aliphatic hydroxyl groups is 1. The average Bonchev–Trinajstić information content (AvgIpc) is 2.34. The fourth-order valence-corrected chi connectivity index (χ4v) is 2.52. The van der Waals surface area contributed by atoms with E-state index < -0.39 is 6.10 Å². The Hall–Kier alpha value is -0.780. The first-order valence-corrected chi connectivity index (χ1v) is 7.22. The molecule has 0 aliphatic carbocycles. The van der Waals surface area contributed by atoms with E-state index in [1.54, 1.807) is 11.8 Å². The molecule has 2 rings (SSSR count). The number of aromatic nitrogens is 1. The summed E-state index contributed by atoms with van der Waals surface area (Å²) in [6.45, 7) is 1.45. The highest BCUT2D eigenvalue weighted by molar-refractivity contribution is 7.97. The molecule has 17 heavy (non-hydrogen) atoms. The number of aliphatic hydroxyl groups excluding tert-OH is 1. The first-order chi connectivity index (χ1) is 8.20. The number of hydrogen-bond acceptors (Lipinski definition) is 5. The van der Waals surface area contributed by atoms with Crippen LogP contribution in [0.15, 0.2) is 18.3 Å². The van der Waals surface area contributed by atoms with Gasteiger partial charge in [-0.15, -0.1) is 0 Å². The third-order valence-electron chi connectivity index (χ3n) is 3.08. The number of hydrogen-bond donors (Lipinski definition) is 2. The second-order valence-electron chi connectivity index (χ2n) is 4.42. The van der Waals surface area contributed by atoms with Gasteiger partial charge in [0.25, 0.3) is 0 Å². The first kappa shape index (κ1) is 12.7. The molecule has 0 bridgehead atoms. The lowest BCUT2D eigenvalue weighted by Crippen LogP contribution is -2.50.